The third-order valence-corrected chi connectivity index (χ3v) is 6.42. The molecular formula is C33H28N2O5. The predicted octanol–water partition coefficient (Wildman–Crippen LogP) is 7.03. The van der Waals surface area contributed by atoms with Gasteiger partial charge < -0.3 is 14.4 Å². The van der Waals surface area contributed by atoms with Crippen LogP contribution in [0.5, 0.6) is 5.75 Å². The van der Waals surface area contributed by atoms with Gasteiger partial charge in [0.25, 0.3) is 5.91 Å². The average molecular weight is 533 g/mol. The molecule has 0 spiro atoms. The second-order valence-electron chi connectivity index (χ2n) is 9.15. The van der Waals surface area contributed by atoms with Crippen molar-refractivity contribution in [2.45, 2.75) is 19.8 Å². The Balaban J connectivity index is 1.27. The van der Waals surface area contributed by atoms with Crippen LogP contribution in [-0.2, 0) is 20.7 Å². The molecule has 0 aliphatic carbocycles. The molecule has 0 N–H and O–H groups in total. The largest absolute Gasteiger partial charge is 0.427 e. The van der Waals surface area contributed by atoms with E-state index >= 15 is 0 Å². The SMILES string of the molecule is CCC(=O)Oc1ccc(CCN2C(=O)OC(=Cc3ccc(N(c4ccccc4)c4ccccc4)cc3)C2=O)cc1. The van der Waals surface area contributed by atoms with Gasteiger partial charge in [-0.15, -0.1) is 0 Å². The number of nitrogens with zero attached hydrogens (tertiary/aromatic N) is 2. The van der Waals surface area contributed by atoms with Crippen LogP contribution in [0.15, 0.2) is 115 Å². The summed E-state index contributed by atoms with van der Waals surface area (Å²) in [7, 11) is 0. The average Bonchev–Trinajstić information content (AvgIpc) is 3.26. The number of esters is 1. The number of ether oxygens (including phenoxy) is 2. The zero-order valence-corrected chi connectivity index (χ0v) is 22.0. The van der Waals surface area contributed by atoms with Gasteiger partial charge in [0.1, 0.15) is 5.75 Å². The monoisotopic (exact) mass is 532 g/mol. The van der Waals surface area contributed by atoms with E-state index in [1.807, 2.05) is 84.9 Å². The van der Waals surface area contributed by atoms with Crippen molar-refractivity contribution in [3.8, 4) is 5.75 Å². The van der Waals surface area contributed by atoms with Gasteiger partial charge in [0.2, 0.25) is 0 Å². The highest BCUT2D eigenvalue weighted by atomic mass is 16.6. The summed E-state index contributed by atoms with van der Waals surface area (Å²) < 4.78 is 10.5. The molecule has 0 atom stereocenters. The van der Waals surface area contributed by atoms with Gasteiger partial charge in [-0.3, -0.25) is 9.59 Å². The van der Waals surface area contributed by atoms with Crippen molar-refractivity contribution in [3.63, 3.8) is 0 Å². The van der Waals surface area contributed by atoms with Crippen molar-refractivity contribution in [2.24, 2.45) is 0 Å². The molecule has 7 heteroatoms. The number of benzene rings is 4. The van der Waals surface area contributed by atoms with Crippen LogP contribution in [0, 0.1) is 0 Å². The number of anilines is 3. The Morgan fingerprint density at radius 1 is 0.800 bits per heavy atom. The van der Waals surface area contributed by atoms with Gasteiger partial charge in [-0.2, -0.15) is 0 Å². The normalized spacial score (nSPS) is 13.8. The first-order valence-corrected chi connectivity index (χ1v) is 13.1. The van der Waals surface area contributed by atoms with Crippen molar-refractivity contribution < 1.29 is 23.9 Å². The molecule has 4 aromatic rings. The minimum Gasteiger partial charge on any atom is -0.427 e. The van der Waals surface area contributed by atoms with Crippen LogP contribution in [0.1, 0.15) is 24.5 Å². The van der Waals surface area contributed by atoms with Gasteiger partial charge in [-0.25, -0.2) is 9.69 Å². The zero-order chi connectivity index (χ0) is 27.9. The Morgan fingerprint density at radius 3 is 1.95 bits per heavy atom. The first-order chi connectivity index (χ1) is 19.5. The fourth-order valence-corrected chi connectivity index (χ4v) is 4.33. The first kappa shape index (κ1) is 26.4. The standard InChI is InChI=1S/C33H28N2O5/c1-2-31(36)39-29-19-15-24(16-20-29)21-22-34-32(37)30(40-33(34)38)23-25-13-17-28(18-14-25)35(26-9-5-3-6-10-26)27-11-7-4-8-12-27/h3-20,23H,2,21-22H2,1H3. The molecule has 1 aliphatic heterocycles. The van der Waals surface area contributed by atoms with E-state index in [4.69, 9.17) is 9.47 Å². The summed E-state index contributed by atoms with van der Waals surface area (Å²) >= 11 is 0. The molecule has 40 heavy (non-hydrogen) atoms. The Morgan fingerprint density at radius 2 is 1.38 bits per heavy atom. The fourth-order valence-electron chi connectivity index (χ4n) is 4.33. The number of carbonyl (C=O) groups is 3. The summed E-state index contributed by atoms with van der Waals surface area (Å²) in [5.41, 5.74) is 4.62. The summed E-state index contributed by atoms with van der Waals surface area (Å²) in [5.74, 6) is -0.337. The first-order valence-electron chi connectivity index (χ1n) is 13.1. The van der Waals surface area contributed by atoms with E-state index in [0.29, 0.717) is 18.6 Å². The maximum absolute atomic E-state index is 12.9. The third kappa shape index (κ3) is 6.10. The van der Waals surface area contributed by atoms with Crippen molar-refractivity contribution in [1.82, 2.24) is 4.90 Å². The molecule has 1 aliphatic rings. The molecule has 5 rings (SSSR count). The lowest BCUT2D eigenvalue weighted by Crippen LogP contribution is -2.30. The van der Waals surface area contributed by atoms with Crippen molar-refractivity contribution >= 4 is 41.1 Å². The van der Waals surface area contributed by atoms with Gasteiger partial charge in [0.05, 0.1) is 0 Å². The minimum atomic E-state index is -0.694. The number of amides is 2. The topological polar surface area (TPSA) is 76.2 Å². The van der Waals surface area contributed by atoms with Crippen molar-refractivity contribution in [1.29, 1.82) is 0 Å². The minimum absolute atomic E-state index is 0.0115. The molecule has 0 aromatic heterocycles. The molecule has 7 nitrogen and oxygen atoms in total. The molecular weight excluding hydrogens is 504 g/mol. The van der Waals surface area contributed by atoms with Gasteiger partial charge in [0, 0.05) is 30.0 Å². The molecule has 2 amide bonds. The molecule has 4 aromatic carbocycles. The lowest BCUT2D eigenvalue weighted by molar-refractivity contribution is -0.134. The smallest absolute Gasteiger partial charge is 0.422 e. The Bertz CT molecular complexity index is 1480. The molecule has 200 valence electrons. The van der Waals surface area contributed by atoms with E-state index in [9.17, 15) is 14.4 Å². The van der Waals surface area contributed by atoms with Crippen LogP contribution in [0.25, 0.3) is 6.08 Å². The number of cyclic esters (lactones) is 1. The van der Waals surface area contributed by atoms with Crippen LogP contribution in [-0.4, -0.2) is 29.4 Å². The zero-order valence-electron chi connectivity index (χ0n) is 22.0. The number of hydrogen-bond donors (Lipinski definition) is 0. The maximum Gasteiger partial charge on any atom is 0.422 e. The van der Waals surface area contributed by atoms with Crippen LogP contribution in [0.2, 0.25) is 0 Å². The quantitative estimate of drug-likeness (QED) is 0.131. The Labute approximate surface area is 232 Å². The number of para-hydroxylation sites is 2. The second-order valence-corrected chi connectivity index (χ2v) is 9.15. The lowest BCUT2D eigenvalue weighted by Gasteiger charge is -2.25. The van der Waals surface area contributed by atoms with Crippen LogP contribution in [0.3, 0.4) is 0 Å². The maximum atomic E-state index is 12.9. The van der Waals surface area contributed by atoms with Crippen LogP contribution < -0.4 is 9.64 Å². The summed E-state index contributed by atoms with van der Waals surface area (Å²) in [4.78, 5) is 40.1. The van der Waals surface area contributed by atoms with E-state index in [-0.39, 0.29) is 18.3 Å². The molecule has 0 unspecified atom stereocenters. The van der Waals surface area contributed by atoms with E-state index in [1.54, 1.807) is 37.3 Å². The number of hydrogen-bond acceptors (Lipinski definition) is 6. The van der Waals surface area contributed by atoms with Gasteiger partial charge >= 0.3 is 12.1 Å². The van der Waals surface area contributed by atoms with E-state index in [0.717, 1.165) is 33.1 Å². The van der Waals surface area contributed by atoms with Gasteiger partial charge in [0.15, 0.2) is 5.76 Å². The van der Waals surface area contributed by atoms with Crippen LogP contribution in [0.4, 0.5) is 21.9 Å². The molecule has 0 saturated carbocycles. The number of carbonyl (C=O) groups excluding carboxylic acids is 3. The highest BCUT2D eigenvalue weighted by Gasteiger charge is 2.36. The second kappa shape index (κ2) is 12.1. The molecule has 1 saturated heterocycles. The van der Waals surface area contributed by atoms with Gasteiger partial charge in [-0.1, -0.05) is 67.6 Å². The van der Waals surface area contributed by atoms with Crippen LogP contribution >= 0.6 is 0 Å². The number of imide groups is 1. The summed E-state index contributed by atoms with van der Waals surface area (Å²) in [5, 5.41) is 0. The molecule has 1 fully saturated rings. The highest BCUT2D eigenvalue weighted by molar-refractivity contribution is 6.09. The summed E-state index contributed by atoms with van der Waals surface area (Å²) in [6.45, 7) is 1.90. The van der Waals surface area contributed by atoms with Gasteiger partial charge in [-0.05, 0) is 72.2 Å². The molecule has 0 radical (unpaired) electrons. The third-order valence-electron chi connectivity index (χ3n) is 6.42. The highest BCUT2D eigenvalue weighted by Crippen LogP contribution is 2.34. The summed E-state index contributed by atoms with van der Waals surface area (Å²) in [6, 6.07) is 34.8. The fraction of sp³-hybridized carbons (Fsp3) is 0.121. The molecule has 0 bridgehead atoms. The molecule has 1 heterocycles. The van der Waals surface area contributed by atoms with E-state index < -0.39 is 12.0 Å². The Hall–Kier alpha value is -5.17. The Kier molecular flexibility index (Phi) is 8.02. The number of rotatable bonds is 9. The summed E-state index contributed by atoms with van der Waals surface area (Å²) in [6.07, 6.45) is 1.62. The van der Waals surface area contributed by atoms with E-state index in [1.165, 1.54) is 0 Å². The predicted molar refractivity (Wildman–Crippen MR) is 153 cm³/mol. The van der Waals surface area contributed by atoms with E-state index in [2.05, 4.69) is 4.90 Å². The van der Waals surface area contributed by atoms with Crippen molar-refractivity contribution in [2.75, 3.05) is 11.4 Å². The lowest BCUT2D eigenvalue weighted by atomic mass is 10.1. The van der Waals surface area contributed by atoms with Crippen molar-refractivity contribution in [3.05, 3.63) is 126 Å².